The average molecular weight is 237 g/mol. The Labute approximate surface area is 101 Å². The molecule has 1 saturated heterocycles. The molecule has 17 heavy (non-hydrogen) atoms. The molecule has 1 aromatic heterocycles. The molecule has 5 heteroatoms. The predicted molar refractivity (Wildman–Crippen MR) is 63.4 cm³/mol. The van der Waals surface area contributed by atoms with Crippen LogP contribution in [0.15, 0.2) is 18.5 Å². The zero-order chi connectivity index (χ0) is 12.3. The van der Waals surface area contributed by atoms with Crippen molar-refractivity contribution >= 4 is 5.91 Å². The van der Waals surface area contributed by atoms with Crippen molar-refractivity contribution in [3.05, 3.63) is 18.5 Å². The summed E-state index contributed by atoms with van der Waals surface area (Å²) in [5, 5.41) is 13.4. The third-order valence-corrected chi connectivity index (χ3v) is 3.40. The Morgan fingerprint density at radius 2 is 2.41 bits per heavy atom. The molecule has 0 spiro atoms. The highest BCUT2D eigenvalue weighted by molar-refractivity contribution is 5.80. The zero-order valence-electron chi connectivity index (χ0n) is 10.1. The standard InChI is InChI=1S/C12H19N3O2/c1-10(15-8-4-6-13-15)12(17)14-7-3-2-5-11(14)9-16/h4,6,8,10-11,16H,2-3,5,7,9H2,1H3. The summed E-state index contributed by atoms with van der Waals surface area (Å²) in [6, 6.07) is 1.50. The predicted octanol–water partition coefficient (Wildman–Crippen LogP) is 0.817. The summed E-state index contributed by atoms with van der Waals surface area (Å²) >= 11 is 0. The summed E-state index contributed by atoms with van der Waals surface area (Å²) in [6.45, 7) is 2.64. The van der Waals surface area contributed by atoms with Crippen molar-refractivity contribution in [3.63, 3.8) is 0 Å². The SMILES string of the molecule is CC(C(=O)N1CCCCC1CO)n1cccn1. The van der Waals surface area contributed by atoms with Crippen LogP contribution >= 0.6 is 0 Å². The minimum Gasteiger partial charge on any atom is -0.394 e. The minimum absolute atomic E-state index is 0.0192. The van der Waals surface area contributed by atoms with Crippen LogP contribution in [0.1, 0.15) is 32.2 Å². The Morgan fingerprint density at radius 1 is 1.59 bits per heavy atom. The van der Waals surface area contributed by atoms with Gasteiger partial charge in [-0.1, -0.05) is 0 Å². The highest BCUT2D eigenvalue weighted by Crippen LogP contribution is 2.20. The van der Waals surface area contributed by atoms with Crippen LogP contribution < -0.4 is 0 Å². The molecule has 1 aromatic rings. The first-order chi connectivity index (χ1) is 8.24. The molecular weight excluding hydrogens is 218 g/mol. The van der Waals surface area contributed by atoms with Crippen molar-refractivity contribution in [2.75, 3.05) is 13.2 Å². The maximum Gasteiger partial charge on any atom is 0.247 e. The number of nitrogens with zero attached hydrogens (tertiary/aromatic N) is 3. The van der Waals surface area contributed by atoms with Gasteiger partial charge < -0.3 is 10.0 Å². The van der Waals surface area contributed by atoms with Gasteiger partial charge in [0, 0.05) is 18.9 Å². The van der Waals surface area contributed by atoms with Crippen LogP contribution in [0.5, 0.6) is 0 Å². The number of aromatic nitrogens is 2. The van der Waals surface area contributed by atoms with E-state index in [0.717, 1.165) is 25.8 Å². The number of rotatable bonds is 3. The van der Waals surface area contributed by atoms with Gasteiger partial charge in [0.05, 0.1) is 12.6 Å². The van der Waals surface area contributed by atoms with Gasteiger partial charge in [0.1, 0.15) is 6.04 Å². The van der Waals surface area contributed by atoms with Crippen LogP contribution in [0.4, 0.5) is 0 Å². The Kier molecular flexibility index (Phi) is 3.78. The van der Waals surface area contributed by atoms with Crippen molar-refractivity contribution in [1.82, 2.24) is 14.7 Å². The van der Waals surface area contributed by atoms with E-state index in [9.17, 15) is 9.90 Å². The number of amides is 1. The molecule has 2 heterocycles. The summed E-state index contributed by atoms with van der Waals surface area (Å²) in [5.74, 6) is 0.0486. The van der Waals surface area contributed by atoms with Gasteiger partial charge in [-0.25, -0.2) is 0 Å². The van der Waals surface area contributed by atoms with Gasteiger partial charge >= 0.3 is 0 Å². The number of aliphatic hydroxyl groups is 1. The van der Waals surface area contributed by atoms with Gasteiger partial charge in [0.25, 0.3) is 0 Å². The van der Waals surface area contributed by atoms with E-state index in [-0.39, 0.29) is 24.6 Å². The minimum atomic E-state index is -0.294. The van der Waals surface area contributed by atoms with E-state index in [1.54, 1.807) is 22.0 Å². The zero-order valence-corrected chi connectivity index (χ0v) is 10.1. The summed E-state index contributed by atoms with van der Waals surface area (Å²) in [6.07, 6.45) is 6.47. The monoisotopic (exact) mass is 237 g/mol. The average Bonchev–Trinajstić information content (AvgIpc) is 2.90. The van der Waals surface area contributed by atoms with Crippen molar-refractivity contribution in [2.45, 2.75) is 38.3 Å². The molecule has 0 bridgehead atoms. The molecule has 2 rings (SSSR count). The van der Waals surface area contributed by atoms with Gasteiger partial charge in [-0.05, 0) is 32.3 Å². The van der Waals surface area contributed by atoms with Crippen LogP contribution in [-0.4, -0.2) is 44.9 Å². The Bertz CT molecular complexity index is 364. The fourth-order valence-corrected chi connectivity index (χ4v) is 2.34. The molecular formula is C12H19N3O2. The fraction of sp³-hybridized carbons (Fsp3) is 0.667. The largest absolute Gasteiger partial charge is 0.394 e. The van der Waals surface area contributed by atoms with E-state index >= 15 is 0 Å². The molecule has 2 unspecified atom stereocenters. The molecule has 0 saturated carbocycles. The lowest BCUT2D eigenvalue weighted by Gasteiger charge is -2.36. The molecule has 0 aromatic carbocycles. The lowest BCUT2D eigenvalue weighted by atomic mass is 10.0. The van der Waals surface area contributed by atoms with Crippen molar-refractivity contribution in [1.29, 1.82) is 0 Å². The first-order valence-corrected chi connectivity index (χ1v) is 6.14. The lowest BCUT2D eigenvalue weighted by Crippen LogP contribution is -2.48. The third kappa shape index (κ3) is 2.49. The maximum atomic E-state index is 12.3. The molecule has 1 aliphatic heterocycles. The van der Waals surface area contributed by atoms with Crippen LogP contribution in [0.2, 0.25) is 0 Å². The summed E-state index contributed by atoms with van der Waals surface area (Å²) in [4.78, 5) is 14.1. The van der Waals surface area contributed by atoms with Gasteiger partial charge in [-0.2, -0.15) is 5.10 Å². The van der Waals surface area contributed by atoms with Gasteiger partial charge in [0.2, 0.25) is 5.91 Å². The number of hydrogen-bond acceptors (Lipinski definition) is 3. The summed E-state index contributed by atoms with van der Waals surface area (Å²) < 4.78 is 1.66. The normalized spacial score (nSPS) is 22.5. The number of piperidine rings is 1. The van der Waals surface area contributed by atoms with E-state index in [2.05, 4.69) is 5.10 Å². The molecule has 0 radical (unpaired) electrons. The molecule has 1 amide bonds. The molecule has 0 aliphatic carbocycles. The number of hydrogen-bond donors (Lipinski definition) is 1. The molecule has 1 N–H and O–H groups in total. The Hall–Kier alpha value is -1.36. The first-order valence-electron chi connectivity index (χ1n) is 6.14. The molecule has 2 atom stereocenters. The van der Waals surface area contributed by atoms with Gasteiger partial charge in [-0.3, -0.25) is 9.48 Å². The summed E-state index contributed by atoms with van der Waals surface area (Å²) in [5.41, 5.74) is 0. The second kappa shape index (κ2) is 5.31. The smallest absolute Gasteiger partial charge is 0.247 e. The van der Waals surface area contributed by atoms with Gasteiger partial charge in [0.15, 0.2) is 0 Å². The van der Waals surface area contributed by atoms with E-state index < -0.39 is 0 Å². The van der Waals surface area contributed by atoms with Crippen LogP contribution in [0.25, 0.3) is 0 Å². The van der Waals surface area contributed by atoms with E-state index in [0.29, 0.717) is 0 Å². The molecule has 1 aliphatic rings. The highest BCUT2D eigenvalue weighted by atomic mass is 16.3. The number of carbonyl (C=O) groups excluding carboxylic acids is 1. The van der Waals surface area contributed by atoms with E-state index in [1.165, 1.54) is 0 Å². The molecule has 1 fully saturated rings. The van der Waals surface area contributed by atoms with Crippen molar-refractivity contribution < 1.29 is 9.90 Å². The number of likely N-dealkylation sites (tertiary alicyclic amines) is 1. The summed E-state index contributed by atoms with van der Waals surface area (Å²) in [7, 11) is 0. The Balaban J connectivity index is 2.07. The first kappa shape index (κ1) is 12.1. The third-order valence-electron chi connectivity index (χ3n) is 3.40. The highest BCUT2D eigenvalue weighted by Gasteiger charge is 2.29. The van der Waals surface area contributed by atoms with E-state index in [1.807, 2.05) is 13.0 Å². The number of aliphatic hydroxyl groups excluding tert-OH is 1. The van der Waals surface area contributed by atoms with Crippen molar-refractivity contribution in [3.8, 4) is 0 Å². The van der Waals surface area contributed by atoms with Crippen molar-refractivity contribution in [2.24, 2.45) is 0 Å². The maximum absolute atomic E-state index is 12.3. The molecule has 5 nitrogen and oxygen atoms in total. The van der Waals surface area contributed by atoms with Crippen LogP contribution in [0.3, 0.4) is 0 Å². The number of carbonyl (C=O) groups is 1. The quantitative estimate of drug-likeness (QED) is 0.846. The second-order valence-electron chi connectivity index (χ2n) is 4.53. The van der Waals surface area contributed by atoms with Gasteiger partial charge in [-0.15, -0.1) is 0 Å². The topological polar surface area (TPSA) is 58.4 Å². The Morgan fingerprint density at radius 3 is 3.06 bits per heavy atom. The van der Waals surface area contributed by atoms with E-state index in [4.69, 9.17) is 0 Å². The van der Waals surface area contributed by atoms with Crippen LogP contribution in [-0.2, 0) is 4.79 Å². The van der Waals surface area contributed by atoms with Crippen LogP contribution in [0, 0.1) is 0 Å². The fourth-order valence-electron chi connectivity index (χ4n) is 2.34. The lowest BCUT2D eigenvalue weighted by molar-refractivity contribution is -0.139. The second-order valence-corrected chi connectivity index (χ2v) is 4.53. The molecule has 94 valence electrons.